The largest absolute Gasteiger partial charge is 0.494 e. The van der Waals surface area contributed by atoms with Crippen LogP contribution in [0.3, 0.4) is 0 Å². The van der Waals surface area contributed by atoms with Gasteiger partial charge in [0.2, 0.25) is 0 Å². The van der Waals surface area contributed by atoms with Crippen LogP contribution in [0.25, 0.3) is 0 Å². The maximum atomic E-state index is 13.8. The molecule has 0 radical (unpaired) electrons. The molecular weight excluding hydrogens is 349 g/mol. The van der Waals surface area contributed by atoms with E-state index in [1.807, 2.05) is 12.1 Å². The normalized spacial score (nSPS) is 16.3. The molecule has 0 unspecified atom stereocenters. The summed E-state index contributed by atoms with van der Waals surface area (Å²) >= 11 is 0. The molecule has 0 spiro atoms. The molecule has 1 aliphatic rings. The van der Waals surface area contributed by atoms with Crippen molar-refractivity contribution in [1.82, 2.24) is 20.7 Å². The van der Waals surface area contributed by atoms with E-state index in [9.17, 15) is 4.39 Å². The van der Waals surface area contributed by atoms with E-state index >= 15 is 0 Å². The number of benzene rings is 1. The van der Waals surface area contributed by atoms with Crippen LogP contribution < -0.4 is 15.4 Å². The fourth-order valence-electron chi connectivity index (χ4n) is 3.19. The summed E-state index contributed by atoms with van der Waals surface area (Å²) in [6.45, 7) is 3.21. The van der Waals surface area contributed by atoms with E-state index in [0.29, 0.717) is 12.6 Å². The van der Waals surface area contributed by atoms with Crippen molar-refractivity contribution in [3.63, 3.8) is 0 Å². The van der Waals surface area contributed by atoms with Crippen LogP contribution in [0.1, 0.15) is 24.1 Å². The van der Waals surface area contributed by atoms with E-state index < -0.39 is 0 Å². The Morgan fingerprint density at radius 3 is 2.81 bits per heavy atom. The Balaban J connectivity index is 1.43. The Morgan fingerprint density at radius 2 is 2.19 bits per heavy atom. The van der Waals surface area contributed by atoms with Gasteiger partial charge in [0, 0.05) is 38.8 Å². The Hall–Kier alpha value is -2.61. The third kappa shape index (κ3) is 5.43. The van der Waals surface area contributed by atoms with Gasteiger partial charge in [-0.15, -0.1) is 0 Å². The second kappa shape index (κ2) is 9.36. The summed E-state index contributed by atoms with van der Waals surface area (Å²) in [7, 11) is 3.23. The lowest BCUT2D eigenvalue weighted by molar-refractivity contribution is 0.198. The molecule has 2 heterocycles. The highest BCUT2D eigenvalue weighted by Crippen LogP contribution is 2.20. The summed E-state index contributed by atoms with van der Waals surface area (Å²) in [6, 6.07) is 7.34. The number of nitrogens with one attached hydrogen (secondary N) is 2. The first-order valence-corrected chi connectivity index (χ1v) is 9.09. The fourth-order valence-corrected chi connectivity index (χ4v) is 3.19. The molecule has 146 valence electrons. The van der Waals surface area contributed by atoms with Gasteiger partial charge in [-0.2, -0.15) is 0 Å². The molecule has 0 bridgehead atoms. The van der Waals surface area contributed by atoms with Crippen LogP contribution in [-0.2, 0) is 13.1 Å². The van der Waals surface area contributed by atoms with Crippen molar-refractivity contribution in [2.45, 2.75) is 32.0 Å². The second-order valence-corrected chi connectivity index (χ2v) is 6.58. The summed E-state index contributed by atoms with van der Waals surface area (Å²) in [5, 5.41) is 10.6. The molecule has 1 aromatic heterocycles. The Bertz CT molecular complexity index is 743. The van der Waals surface area contributed by atoms with Crippen molar-refractivity contribution in [3.8, 4) is 5.75 Å². The van der Waals surface area contributed by atoms with Gasteiger partial charge in [0.05, 0.1) is 13.7 Å². The SMILES string of the molecule is CN=C(NCc1ccon1)NC1CCN(Cc2ccc(OC)c(F)c2)CC1. The molecule has 0 atom stereocenters. The number of aromatic nitrogens is 1. The molecule has 8 heteroatoms. The molecule has 1 saturated heterocycles. The minimum atomic E-state index is -0.312. The molecule has 2 N–H and O–H groups in total. The van der Waals surface area contributed by atoms with Crippen LogP contribution in [0.4, 0.5) is 4.39 Å². The number of nitrogens with zero attached hydrogens (tertiary/aromatic N) is 3. The molecule has 1 aromatic carbocycles. The third-order valence-corrected chi connectivity index (χ3v) is 4.70. The van der Waals surface area contributed by atoms with Gasteiger partial charge in [-0.25, -0.2) is 4.39 Å². The van der Waals surface area contributed by atoms with Crippen molar-refractivity contribution in [1.29, 1.82) is 0 Å². The first-order valence-electron chi connectivity index (χ1n) is 9.09. The van der Waals surface area contributed by atoms with Crippen molar-refractivity contribution >= 4 is 5.96 Å². The number of hydrogen-bond donors (Lipinski definition) is 2. The van der Waals surface area contributed by atoms with E-state index in [1.54, 1.807) is 25.4 Å². The average molecular weight is 375 g/mol. The number of aliphatic imine (C=N–C) groups is 1. The number of rotatable bonds is 6. The summed E-state index contributed by atoms with van der Waals surface area (Å²) < 4.78 is 23.6. The highest BCUT2D eigenvalue weighted by molar-refractivity contribution is 5.79. The van der Waals surface area contributed by atoms with E-state index in [-0.39, 0.29) is 11.6 Å². The average Bonchev–Trinajstić information content (AvgIpc) is 3.20. The maximum Gasteiger partial charge on any atom is 0.191 e. The molecule has 7 nitrogen and oxygen atoms in total. The van der Waals surface area contributed by atoms with Crippen LogP contribution in [0.15, 0.2) is 40.0 Å². The summed E-state index contributed by atoms with van der Waals surface area (Å²) in [5.74, 6) is 0.730. The van der Waals surface area contributed by atoms with E-state index in [2.05, 4.69) is 25.7 Å². The second-order valence-electron chi connectivity index (χ2n) is 6.58. The number of halogens is 1. The van der Waals surface area contributed by atoms with Crippen LogP contribution in [0.5, 0.6) is 5.75 Å². The molecule has 27 heavy (non-hydrogen) atoms. The van der Waals surface area contributed by atoms with Crippen LogP contribution in [-0.4, -0.2) is 49.3 Å². The number of methoxy groups -OCH3 is 1. The first-order chi connectivity index (χ1) is 13.2. The molecule has 0 saturated carbocycles. The maximum absolute atomic E-state index is 13.8. The van der Waals surface area contributed by atoms with Gasteiger partial charge in [0.25, 0.3) is 0 Å². The smallest absolute Gasteiger partial charge is 0.191 e. The van der Waals surface area contributed by atoms with Gasteiger partial charge in [0.15, 0.2) is 17.5 Å². The van der Waals surface area contributed by atoms with Gasteiger partial charge in [-0.1, -0.05) is 11.2 Å². The minimum absolute atomic E-state index is 0.283. The van der Waals surface area contributed by atoms with Crippen molar-refractivity contribution < 1.29 is 13.7 Å². The van der Waals surface area contributed by atoms with E-state index in [4.69, 9.17) is 9.26 Å². The lowest BCUT2D eigenvalue weighted by Gasteiger charge is -2.33. The molecular formula is C19H26FN5O2. The highest BCUT2D eigenvalue weighted by Gasteiger charge is 2.20. The lowest BCUT2D eigenvalue weighted by atomic mass is 10.0. The fraction of sp³-hybridized carbons (Fsp3) is 0.474. The Kier molecular flexibility index (Phi) is 6.64. The first kappa shape index (κ1) is 19.2. The van der Waals surface area contributed by atoms with Crippen molar-refractivity contribution in [3.05, 3.63) is 47.6 Å². The lowest BCUT2D eigenvalue weighted by Crippen LogP contribution is -2.48. The molecule has 1 aliphatic heterocycles. The zero-order valence-corrected chi connectivity index (χ0v) is 15.7. The molecule has 2 aromatic rings. The van der Waals surface area contributed by atoms with Gasteiger partial charge in [-0.05, 0) is 30.5 Å². The van der Waals surface area contributed by atoms with Crippen molar-refractivity contribution in [2.24, 2.45) is 4.99 Å². The minimum Gasteiger partial charge on any atom is -0.494 e. The summed E-state index contributed by atoms with van der Waals surface area (Å²) in [4.78, 5) is 6.60. The molecule has 0 amide bonds. The molecule has 1 fully saturated rings. The summed E-state index contributed by atoms with van der Waals surface area (Å²) in [6.07, 6.45) is 3.56. The number of hydrogen-bond acceptors (Lipinski definition) is 5. The number of guanidine groups is 1. The van der Waals surface area contributed by atoms with Crippen LogP contribution in [0.2, 0.25) is 0 Å². The predicted octanol–water partition coefficient (Wildman–Crippen LogP) is 2.15. The highest BCUT2D eigenvalue weighted by atomic mass is 19.1. The van der Waals surface area contributed by atoms with Gasteiger partial charge in [-0.3, -0.25) is 9.89 Å². The third-order valence-electron chi connectivity index (χ3n) is 4.70. The van der Waals surface area contributed by atoms with Crippen LogP contribution in [0, 0.1) is 5.82 Å². The Morgan fingerprint density at radius 1 is 1.37 bits per heavy atom. The van der Waals surface area contributed by atoms with E-state index in [0.717, 1.165) is 49.7 Å². The number of piperidine rings is 1. The predicted molar refractivity (Wildman–Crippen MR) is 101 cm³/mol. The van der Waals surface area contributed by atoms with Gasteiger partial charge in [0.1, 0.15) is 12.0 Å². The van der Waals surface area contributed by atoms with Gasteiger partial charge < -0.3 is 19.9 Å². The number of ether oxygens (including phenoxy) is 1. The van der Waals surface area contributed by atoms with Gasteiger partial charge >= 0.3 is 0 Å². The quantitative estimate of drug-likeness (QED) is 0.595. The van der Waals surface area contributed by atoms with Crippen molar-refractivity contribution in [2.75, 3.05) is 27.2 Å². The molecule has 0 aliphatic carbocycles. The zero-order chi connectivity index (χ0) is 19.1. The number of likely N-dealkylation sites (tertiary alicyclic amines) is 1. The zero-order valence-electron chi connectivity index (χ0n) is 15.7. The molecule has 3 rings (SSSR count). The topological polar surface area (TPSA) is 74.9 Å². The van der Waals surface area contributed by atoms with E-state index in [1.165, 1.54) is 7.11 Å². The monoisotopic (exact) mass is 375 g/mol. The standard InChI is InChI=1S/C19H26FN5O2/c1-21-19(22-12-16-7-10-27-24-16)23-15-5-8-25(9-6-15)13-14-3-4-18(26-2)17(20)11-14/h3-4,7,10-11,15H,5-6,8-9,12-13H2,1-2H3,(H2,21,22,23). The summed E-state index contributed by atoms with van der Waals surface area (Å²) in [5.41, 5.74) is 1.80. The van der Waals surface area contributed by atoms with Crippen LogP contribution >= 0.6 is 0 Å². The Labute approximate surface area is 158 Å².